The number of nitrogens with zero attached hydrogens (tertiary/aromatic N) is 4. The fourth-order valence-electron chi connectivity index (χ4n) is 5.56. The third-order valence-electron chi connectivity index (χ3n) is 7.51. The van der Waals surface area contributed by atoms with Gasteiger partial charge in [-0.25, -0.2) is 4.39 Å². The first-order valence-electron chi connectivity index (χ1n) is 12.5. The van der Waals surface area contributed by atoms with Crippen molar-refractivity contribution in [2.45, 2.75) is 32.2 Å². The van der Waals surface area contributed by atoms with Gasteiger partial charge in [0, 0.05) is 62.3 Å². The Kier molecular flexibility index (Phi) is 5.68. The van der Waals surface area contributed by atoms with Gasteiger partial charge in [-0.15, -0.1) is 0 Å². The lowest BCUT2D eigenvalue weighted by Crippen LogP contribution is -2.48. The van der Waals surface area contributed by atoms with Gasteiger partial charge in [-0.05, 0) is 56.0 Å². The zero-order valence-corrected chi connectivity index (χ0v) is 20.0. The summed E-state index contributed by atoms with van der Waals surface area (Å²) in [5.41, 5.74) is 3.37. The SMILES string of the molecule is Cc1ccc2cc(C(=O)N3CCC[C@H]3CCN3CCN(c4noc5cc(F)ccc45)CC3)[nH]c2c1. The Labute approximate surface area is 203 Å². The molecule has 8 heteroatoms. The lowest BCUT2D eigenvalue weighted by atomic mass is 10.1. The second kappa shape index (κ2) is 9.00. The molecule has 2 aromatic carbocycles. The molecule has 0 aliphatic carbocycles. The number of piperazine rings is 1. The molecule has 35 heavy (non-hydrogen) atoms. The topological polar surface area (TPSA) is 68.6 Å². The summed E-state index contributed by atoms with van der Waals surface area (Å²) in [6, 6.07) is 13.1. The minimum absolute atomic E-state index is 0.112. The van der Waals surface area contributed by atoms with Gasteiger partial charge in [-0.3, -0.25) is 9.69 Å². The van der Waals surface area contributed by atoms with Gasteiger partial charge in [0.2, 0.25) is 0 Å². The Hall–Kier alpha value is -3.39. The first-order chi connectivity index (χ1) is 17.0. The molecule has 0 unspecified atom stereocenters. The number of aromatic amines is 1. The van der Waals surface area contributed by atoms with Crippen molar-refractivity contribution >= 4 is 33.6 Å². The first kappa shape index (κ1) is 22.1. The van der Waals surface area contributed by atoms with E-state index in [9.17, 15) is 9.18 Å². The molecule has 1 atom stereocenters. The summed E-state index contributed by atoms with van der Waals surface area (Å²) in [7, 11) is 0. The number of aryl methyl sites for hydroxylation is 1. The molecule has 2 aromatic heterocycles. The summed E-state index contributed by atoms with van der Waals surface area (Å²) in [5, 5.41) is 6.13. The van der Waals surface area contributed by atoms with Crippen LogP contribution < -0.4 is 4.90 Å². The molecule has 2 saturated heterocycles. The van der Waals surface area contributed by atoms with E-state index >= 15 is 0 Å². The minimum Gasteiger partial charge on any atom is -0.354 e. The molecule has 0 spiro atoms. The van der Waals surface area contributed by atoms with Crippen molar-refractivity contribution in [2.75, 3.05) is 44.2 Å². The Morgan fingerprint density at radius 3 is 2.83 bits per heavy atom. The van der Waals surface area contributed by atoms with Gasteiger partial charge in [0.15, 0.2) is 11.4 Å². The number of hydrogen-bond donors (Lipinski definition) is 1. The van der Waals surface area contributed by atoms with Gasteiger partial charge < -0.3 is 19.3 Å². The van der Waals surface area contributed by atoms with E-state index in [2.05, 4.69) is 50.0 Å². The number of carbonyl (C=O) groups excluding carboxylic acids is 1. The number of nitrogens with one attached hydrogen (secondary N) is 1. The number of likely N-dealkylation sites (tertiary alicyclic amines) is 1. The van der Waals surface area contributed by atoms with E-state index < -0.39 is 0 Å². The molecule has 182 valence electrons. The van der Waals surface area contributed by atoms with Crippen molar-refractivity contribution < 1.29 is 13.7 Å². The number of carbonyl (C=O) groups is 1. The lowest BCUT2D eigenvalue weighted by Gasteiger charge is -2.35. The number of amides is 1. The molecule has 1 amide bonds. The summed E-state index contributed by atoms with van der Waals surface area (Å²) >= 11 is 0. The molecule has 2 aliphatic rings. The van der Waals surface area contributed by atoms with Gasteiger partial charge in [0.05, 0.1) is 5.39 Å². The quantitative estimate of drug-likeness (QED) is 0.458. The highest BCUT2D eigenvalue weighted by atomic mass is 19.1. The van der Waals surface area contributed by atoms with Crippen LogP contribution in [0.15, 0.2) is 47.0 Å². The molecule has 0 bridgehead atoms. The highest BCUT2D eigenvalue weighted by Crippen LogP contribution is 2.28. The van der Waals surface area contributed by atoms with Crippen LogP contribution in [0.4, 0.5) is 10.2 Å². The van der Waals surface area contributed by atoms with Crippen molar-refractivity contribution in [1.82, 2.24) is 19.9 Å². The van der Waals surface area contributed by atoms with Crippen LogP contribution in [-0.2, 0) is 0 Å². The Morgan fingerprint density at radius 2 is 1.97 bits per heavy atom. The third-order valence-corrected chi connectivity index (χ3v) is 7.51. The number of fused-ring (bicyclic) bond motifs is 2. The zero-order chi connectivity index (χ0) is 23.9. The third kappa shape index (κ3) is 4.27. The molecule has 1 N–H and O–H groups in total. The van der Waals surface area contributed by atoms with Gasteiger partial charge in [0.25, 0.3) is 5.91 Å². The number of rotatable bonds is 5. The fourth-order valence-corrected chi connectivity index (χ4v) is 5.56. The number of H-pyrrole nitrogens is 1. The Morgan fingerprint density at radius 1 is 1.11 bits per heavy atom. The maximum Gasteiger partial charge on any atom is 0.270 e. The molecule has 0 saturated carbocycles. The standard InChI is InChI=1S/C27H30FN5O2/c1-18-4-5-19-16-24(29-23(19)15-18)27(34)33-9-2-3-21(33)8-10-31-11-13-32(14-12-31)26-22-7-6-20(28)17-25(22)35-30-26/h4-7,15-17,21,29H,2-3,8-14H2,1H3/t21-/m0/s1. The van der Waals surface area contributed by atoms with E-state index in [1.807, 2.05) is 6.07 Å². The number of anilines is 1. The maximum absolute atomic E-state index is 13.5. The Balaban J connectivity index is 1.05. The second-order valence-corrected chi connectivity index (χ2v) is 9.83. The summed E-state index contributed by atoms with van der Waals surface area (Å²) in [6.45, 7) is 7.41. The molecule has 2 fully saturated rings. The average molecular weight is 476 g/mol. The van der Waals surface area contributed by atoms with Crippen LogP contribution in [-0.4, -0.2) is 71.2 Å². The van der Waals surface area contributed by atoms with Crippen LogP contribution in [0, 0.1) is 12.7 Å². The number of aromatic nitrogens is 2. The molecular formula is C27H30FN5O2. The van der Waals surface area contributed by atoms with Crippen molar-refractivity contribution in [3.8, 4) is 0 Å². The fraction of sp³-hybridized carbons (Fsp3) is 0.407. The van der Waals surface area contributed by atoms with Crippen LogP contribution in [0.1, 0.15) is 35.3 Å². The molecule has 6 rings (SSSR count). The zero-order valence-electron chi connectivity index (χ0n) is 20.0. The molecule has 0 radical (unpaired) electrons. The highest BCUT2D eigenvalue weighted by molar-refractivity contribution is 5.98. The van der Waals surface area contributed by atoms with Crippen molar-refractivity contribution in [2.24, 2.45) is 0 Å². The van der Waals surface area contributed by atoms with Gasteiger partial charge in [-0.2, -0.15) is 0 Å². The van der Waals surface area contributed by atoms with Crippen LogP contribution >= 0.6 is 0 Å². The summed E-state index contributed by atoms with van der Waals surface area (Å²) in [6.07, 6.45) is 3.10. The normalized spacial score (nSPS) is 19.3. The molecule has 4 aromatic rings. The largest absolute Gasteiger partial charge is 0.354 e. The first-order valence-corrected chi connectivity index (χ1v) is 12.5. The van der Waals surface area contributed by atoms with Crippen LogP contribution in [0.25, 0.3) is 21.9 Å². The number of benzene rings is 2. The van der Waals surface area contributed by atoms with Crippen LogP contribution in [0.5, 0.6) is 0 Å². The minimum atomic E-state index is -0.316. The molecular weight excluding hydrogens is 445 g/mol. The maximum atomic E-state index is 13.5. The smallest absolute Gasteiger partial charge is 0.270 e. The summed E-state index contributed by atoms with van der Waals surface area (Å²) < 4.78 is 18.8. The predicted molar refractivity (Wildman–Crippen MR) is 134 cm³/mol. The molecule has 7 nitrogen and oxygen atoms in total. The molecule has 2 aliphatic heterocycles. The second-order valence-electron chi connectivity index (χ2n) is 9.83. The predicted octanol–water partition coefficient (Wildman–Crippen LogP) is 4.57. The van der Waals surface area contributed by atoms with Crippen molar-refractivity contribution in [1.29, 1.82) is 0 Å². The van der Waals surface area contributed by atoms with Crippen molar-refractivity contribution in [3.63, 3.8) is 0 Å². The van der Waals surface area contributed by atoms with Crippen LogP contribution in [0.3, 0.4) is 0 Å². The van der Waals surface area contributed by atoms with Crippen molar-refractivity contribution in [3.05, 3.63) is 59.5 Å². The van der Waals surface area contributed by atoms with E-state index in [-0.39, 0.29) is 17.8 Å². The van der Waals surface area contributed by atoms with E-state index in [0.717, 1.165) is 80.6 Å². The van der Waals surface area contributed by atoms with E-state index in [0.29, 0.717) is 11.3 Å². The highest BCUT2D eigenvalue weighted by Gasteiger charge is 2.31. The van der Waals surface area contributed by atoms with E-state index in [1.165, 1.54) is 17.7 Å². The Bertz CT molecular complexity index is 1370. The summed E-state index contributed by atoms with van der Waals surface area (Å²) in [5.74, 6) is 0.588. The van der Waals surface area contributed by atoms with Crippen LogP contribution in [0.2, 0.25) is 0 Å². The molecule has 4 heterocycles. The lowest BCUT2D eigenvalue weighted by molar-refractivity contribution is 0.0715. The number of halogens is 1. The van der Waals surface area contributed by atoms with Gasteiger partial charge in [0.1, 0.15) is 11.5 Å². The monoisotopic (exact) mass is 475 g/mol. The summed E-state index contributed by atoms with van der Waals surface area (Å²) in [4.78, 5) is 23.4. The van der Waals surface area contributed by atoms with Gasteiger partial charge in [-0.1, -0.05) is 17.3 Å². The van der Waals surface area contributed by atoms with E-state index in [4.69, 9.17) is 4.52 Å². The number of hydrogen-bond acceptors (Lipinski definition) is 5. The van der Waals surface area contributed by atoms with Gasteiger partial charge >= 0.3 is 0 Å². The average Bonchev–Trinajstić information content (AvgIpc) is 3.60. The van der Waals surface area contributed by atoms with E-state index in [1.54, 1.807) is 6.07 Å².